The molecule has 3 heteroatoms. The highest BCUT2D eigenvalue weighted by Gasteiger charge is 2.36. The Morgan fingerprint density at radius 1 is 0.700 bits per heavy atom. The first-order chi connectivity index (χ1) is 14.5. The van der Waals surface area contributed by atoms with Crippen molar-refractivity contribution in [2.75, 3.05) is 6.35 Å². The SMILES string of the molecule is CC(C)(C)P1COc2cccc(-n3c(-c4ccccc4)ccc3-c3ccccc3)c21. The summed E-state index contributed by atoms with van der Waals surface area (Å²) in [5.74, 6) is 1.04. The van der Waals surface area contributed by atoms with Crippen molar-refractivity contribution in [3.05, 3.63) is 91.0 Å². The topological polar surface area (TPSA) is 14.2 Å². The highest BCUT2D eigenvalue weighted by Crippen LogP contribution is 2.55. The molecule has 150 valence electrons. The van der Waals surface area contributed by atoms with E-state index in [1.165, 1.54) is 33.5 Å². The van der Waals surface area contributed by atoms with Gasteiger partial charge in [-0.1, -0.05) is 87.5 Å². The van der Waals surface area contributed by atoms with Crippen LogP contribution in [0.1, 0.15) is 20.8 Å². The van der Waals surface area contributed by atoms with E-state index in [4.69, 9.17) is 4.74 Å². The lowest BCUT2D eigenvalue weighted by molar-refractivity contribution is 0.400. The van der Waals surface area contributed by atoms with Crippen LogP contribution in [0.5, 0.6) is 5.75 Å². The van der Waals surface area contributed by atoms with Gasteiger partial charge in [0.25, 0.3) is 0 Å². The number of rotatable bonds is 3. The molecule has 1 aromatic heterocycles. The number of ether oxygens (including phenoxy) is 1. The lowest BCUT2D eigenvalue weighted by Gasteiger charge is -2.28. The molecule has 0 amide bonds. The van der Waals surface area contributed by atoms with Gasteiger partial charge in [-0.2, -0.15) is 0 Å². The molecule has 1 unspecified atom stereocenters. The van der Waals surface area contributed by atoms with E-state index < -0.39 is 7.92 Å². The molecule has 0 radical (unpaired) electrons. The van der Waals surface area contributed by atoms with Crippen LogP contribution in [0.15, 0.2) is 91.0 Å². The van der Waals surface area contributed by atoms with E-state index in [0.717, 1.165) is 12.1 Å². The van der Waals surface area contributed by atoms with Crippen LogP contribution in [0.3, 0.4) is 0 Å². The van der Waals surface area contributed by atoms with Gasteiger partial charge in [0.2, 0.25) is 0 Å². The fourth-order valence-electron chi connectivity index (χ4n) is 4.17. The van der Waals surface area contributed by atoms with Gasteiger partial charge in [-0.15, -0.1) is 0 Å². The van der Waals surface area contributed by atoms with Crippen LogP contribution < -0.4 is 10.0 Å². The van der Waals surface area contributed by atoms with E-state index in [-0.39, 0.29) is 5.16 Å². The van der Waals surface area contributed by atoms with Crippen molar-refractivity contribution >= 4 is 13.2 Å². The average Bonchev–Trinajstić information content (AvgIpc) is 3.39. The lowest BCUT2D eigenvalue weighted by atomic mass is 10.1. The summed E-state index contributed by atoms with van der Waals surface area (Å²) in [6.07, 6.45) is 0.799. The van der Waals surface area contributed by atoms with Crippen LogP contribution in [0.4, 0.5) is 0 Å². The van der Waals surface area contributed by atoms with Gasteiger partial charge in [0.15, 0.2) is 0 Å². The molecule has 5 rings (SSSR count). The van der Waals surface area contributed by atoms with Crippen molar-refractivity contribution < 1.29 is 4.74 Å². The van der Waals surface area contributed by atoms with Gasteiger partial charge in [-0.25, -0.2) is 0 Å². The summed E-state index contributed by atoms with van der Waals surface area (Å²) < 4.78 is 8.61. The predicted molar refractivity (Wildman–Crippen MR) is 128 cm³/mol. The summed E-state index contributed by atoms with van der Waals surface area (Å²) in [4.78, 5) is 0. The van der Waals surface area contributed by atoms with Gasteiger partial charge >= 0.3 is 0 Å². The minimum absolute atomic E-state index is 0.184. The van der Waals surface area contributed by atoms with Gasteiger partial charge in [0.1, 0.15) is 12.1 Å². The fraction of sp³-hybridized carbons (Fsp3) is 0.185. The Bertz CT molecular complexity index is 1120. The monoisotopic (exact) mass is 411 g/mol. The first kappa shape index (κ1) is 19.2. The minimum Gasteiger partial charge on any atom is -0.488 e. The zero-order chi connectivity index (χ0) is 20.7. The molecule has 1 atom stereocenters. The molecule has 4 aromatic rings. The first-order valence-corrected chi connectivity index (χ1v) is 11.9. The number of fused-ring (bicyclic) bond motifs is 1. The Morgan fingerprint density at radius 3 is 1.80 bits per heavy atom. The molecule has 0 saturated carbocycles. The van der Waals surface area contributed by atoms with E-state index >= 15 is 0 Å². The highest BCUT2D eigenvalue weighted by atomic mass is 31.1. The van der Waals surface area contributed by atoms with Crippen molar-refractivity contribution in [3.63, 3.8) is 0 Å². The van der Waals surface area contributed by atoms with Crippen molar-refractivity contribution in [1.29, 1.82) is 0 Å². The summed E-state index contributed by atoms with van der Waals surface area (Å²) >= 11 is 0. The number of hydrogen-bond acceptors (Lipinski definition) is 1. The quantitative estimate of drug-likeness (QED) is 0.329. The summed E-state index contributed by atoms with van der Waals surface area (Å²) in [5, 5.41) is 1.56. The van der Waals surface area contributed by atoms with Crippen LogP contribution >= 0.6 is 7.92 Å². The van der Waals surface area contributed by atoms with E-state index in [0.29, 0.717) is 0 Å². The maximum absolute atomic E-state index is 6.18. The van der Waals surface area contributed by atoms with E-state index in [1.807, 2.05) is 0 Å². The average molecular weight is 411 g/mol. The van der Waals surface area contributed by atoms with Crippen LogP contribution in [-0.2, 0) is 0 Å². The van der Waals surface area contributed by atoms with Crippen LogP contribution in [0.2, 0.25) is 0 Å². The molecule has 0 spiro atoms. The van der Waals surface area contributed by atoms with Crippen molar-refractivity contribution in [2.24, 2.45) is 0 Å². The second-order valence-electron chi connectivity index (χ2n) is 8.67. The summed E-state index contributed by atoms with van der Waals surface area (Å²) in [5.41, 5.74) is 6.10. The second-order valence-corrected chi connectivity index (χ2v) is 11.6. The number of benzene rings is 3. The lowest BCUT2D eigenvalue weighted by Crippen LogP contribution is -2.21. The van der Waals surface area contributed by atoms with Gasteiger partial charge in [-0.3, -0.25) is 0 Å². The van der Waals surface area contributed by atoms with Crippen molar-refractivity contribution in [1.82, 2.24) is 4.57 Å². The van der Waals surface area contributed by atoms with Gasteiger partial charge in [-0.05, 0) is 48.5 Å². The Kier molecular flexibility index (Phi) is 4.76. The third kappa shape index (κ3) is 3.26. The zero-order valence-electron chi connectivity index (χ0n) is 17.7. The molecule has 0 bridgehead atoms. The van der Waals surface area contributed by atoms with E-state index in [2.05, 4.69) is 116 Å². The zero-order valence-corrected chi connectivity index (χ0v) is 18.6. The molecular formula is C27H26NOP. The number of aromatic nitrogens is 1. The molecular weight excluding hydrogens is 385 g/mol. The molecule has 2 heterocycles. The predicted octanol–water partition coefficient (Wildman–Crippen LogP) is 7.07. The first-order valence-electron chi connectivity index (χ1n) is 10.4. The Balaban J connectivity index is 1.80. The fourth-order valence-corrected chi connectivity index (χ4v) is 6.48. The third-order valence-electron chi connectivity index (χ3n) is 5.67. The van der Waals surface area contributed by atoms with Crippen LogP contribution in [0.25, 0.3) is 28.2 Å². The van der Waals surface area contributed by atoms with Gasteiger partial charge in [0, 0.05) is 5.30 Å². The van der Waals surface area contributed by atoms with Gasteiger partial charge < -0.3 is 9.30 Å². The molecule has 2 nitrogen and oxygen atoms in total. The van der Waals surface area contributed by atoms with E-state index in [1.54, 1.807) is 0 Å². The molecule has 1 aliphatic rings. The Hall–Kier alpha value is -2.83. The van der Waals surface area contributed by atoms with E-state index in [9.17, 15) is 0 Å². The molecule has 3 aromatic carbocycles. The smallest absolute Gasteiger partial charge is 0.129 e. The normalized spacial score (nSPS) is 15.6. The number of hydrogen-bond donors (Lipinski definition) is 0. The molecule has 0 N–H and O–H groups in total. The minimum atomic E-state index is -0.433. The third-order valence-corrected chi connectivity index (χ3v) is 8.66. The van der Waals surface area contributed by atoms with Gasteiger partial charge in [0.05, 0.1) is 17.1 Å². The van der Waals surface area contributed by atoms with Crippen LogP contribution in [0, 0.1) is 0 Å². The Morgan fingerprint density at radius 2 is 1.27 bits per heavy atom. The molecule has 0 fully saturated rings. The molecule has 0 aliphatic carbocycles. The maximum Gasteiger partial charge on any atom is 0.129 e. The molecule has 30 heavy (non-hydrogen) atoms. The van der Waals surface area contributed by atoms with Crippen molar-refractivity contribution in [3.8, 4) is 34.0 Å². The highest BCUT2D eigenvalue weighted by molar-refractivity contribution is 7.67. The second kappa shape index (κ2) is 7.45. The maximum atomic E-state index is 6.18. The Labute approximate surface area is 179 Å². The largest absolute Gasteiger partial charge is 0.488 e. The summed E-state index contributed by atoms with van der Waals surface area (Å²) in [6.45, 7) is 7.00. The summed E-state index contributed by atoms with van der Waals surface area (Å²) in [7, 11) is -0.433. The van der Waals surface area contributed by atoms with Crippen molar-refractivity contribution in [2.45, 2.75) is 25.9 Å². The standard InChI is InChI=1S/C27H26NOP/c1-27(2,3)30-19-29-25-16-10-15-24(26(25)30)28-22(20-11-6-4-7-12-20)17-18-23(28)21-13-8-5-9-14-21/h4-18H,19H2,1-3H3. The molecule has 1 aliphatic heterocycles. The summed E-state index contributed by atoms with van der Waals surface area (Å²) in [6, 6.07) is 32.3. The number of nitrogens with zero attached hydrogens (tertiary/aromatic N) is 1. The van der Waals surface area contributed by atoms with Crippen LogP contribution in [-0.4, -0.2) is 16.1 Å². The molecule has 0 saturated heterocycles.